The average molecular weight is 233 g/mol. The van der Waals surface area contributed by atoms with Gasteiger partial charge in [-0.25, -0.2) is 0 Å². The minimum atomic E-state index is 0.111. The minimum Gasteiger partial charge on any atom is -0.326 e. The molecule has 0 saturated carbocycles. The molecule has 2 heteroatoms. The Labute approximate surface area is 104 Å². The molecule has 1 aromatic rings. The summed E-state index contributed by atoms with van der Waals surface area (Å²) in [5.74, 6) is 1.17. The van der Waals surface area contributed by atoms with Crippen molar-refractivity contribution in [1.29, 1.82) is 0 Å². The fraction of sp³-hybridized carbons (Fsp3) is 0.533. The minimum absolute atomic E-state index is 0.111. The maximum Gasteiger partial charge on any atom is 0.224 e. The molecule has 0 aromatic heterocycles. The van der Waals surface area contributed by atoms with Gasteiger partial charge >= 0.3 is 0 Å². The first-order valence-electron chi connectivity index (χ1n) is 6.39. The highest BCUT2D eigenvalue weighted by Gasteiger charge is 2.05. The molecule has 94 valence electrons. The van der Waals surface area contributed by atoms with E-state index in [0.717, 1.165) is 12.1 Å². The van der Waals surface area contributed by atoms with E-state index in [1.54, 1.807) is 0 Å². The average Bonchev–Trinajstić information content (AvgIpc) is 2.26. The van der Waals surface area contributed by atoms with Crippen LogP contribution in [-0.2, 0) is 4.79 Å². The van der Waals surface area contributed by atoms with Gasteiger partial charge in [0.25, 0.3) is 0 Å². The molecule has 2 nitrogen and oxygen atoms in total. The Kier molecular flexibility index (Phi) is 5.20. The molecule has 0 spiro atoms. The van der Waals surface area contributed by atoms with Crippen LogP contribution in [0.25, 0.3) is 0 Å². The topological polar surface area (TPSA) is 29.1 Å². The van der Waals surface area contributed by atoms with Crippen molar-refractivity contribution >= 4 is 11.6 Å². The molecule has 0 aliphatic carbocycles. The van der Waals surface area contributed by atoms with Gasteiger partial charge in [-0.2, -0.15) is 0 Å². The Morgan fingerprint density at radius 1 is 1.24 bits per heavy atom. The summed E-state index contributed by atoms with van der Waals surface area (Å²) in [4.78, 5) is 11.7. The van der Waals surface area contributed by atoms with Gasteiger partial charge in [-0.15, -0.1) is 0 Å². The van der Waals surface area contributed by atoms with Crippen LogP contribution >= 0.6 is 0 Å². The van der Waals surface area contributed by atoms with Gasteiger partial charge < -0.3 is 5.32 Å². The monoisotopic (exact) mass is 233 g/mol. The molecule has 0 bridgehead atoms. The molecule has 1 amide bonds. The maximum absolute atomic E-state index is 11.7. The molecule has 0 heterocycles. The molecule has 1 N–H and O–H groups in total. The Morgan fingerprint density at radius 3 is 2.53 bits per heavy atom. The van der Waals surface area contributed by atoms with Gasteiger partial charge in [0.15, 0.2) is 0 Å². The number of hydrogen-bond donors (Lipinski definition) is 1. The van der Waals surface area contributed by atoms with Gasteiger partial charge in [0.05, 0.1) is 0 Å². The van der Waals surface area contributed by atoms with Gasteiger partial charge in [0.1, 0.15) is 0 Å². The molecule has 0 atom stereocenters. The number of rotatable bonds is 5. The number of amides is 1. The van der Waals surface area contributed by atoms with Crippen molar-refractivity contribution in [2.75, 3.05) is 5.32 Å². The SMILES string of the molecule is CC(C)CCC(=O)Nc1cccc(C(C)C)c1. The van der Waals surface area contributed by atoms with Crippen LogP contribution in [0.2, 0.25) is 0 Å². The van der Waals surface area contributed by atoms with Crippen molar-refractivity contribution in [1.82, 2.24) is 0 Å². The summed E-state index contributed by atoms with van der Waals surface area (Å²) in [7, 11) is 0. The first-order chi connectivity index (χ1) is 7.99. The second-order valence-electron chi connectivity index (χ2n) is 5.26. The summed E-state index contributed by atoms with van der Waals surface area (Å²) in [6, 6.07) is 8.08. The van der Waals surface area contributed by atoms with E-state index < -0.39 is 0 Å². The van der Waals surface area contributed by atoms with Crippen molar-refractivity contribution in [2.45, 2.75) is 46.5 Å². The molecule has 1 aromatic carbocycles. The first kappa shape index (κ1) is 13.8. The molecule has 0 aliphatic rings. The zero-order valence-electron chi connectivity index (χ0n) is 11.3. The van der Waals surface area contributed by atoms with Gasteiger partial charge in [-0.3, -0.25) is 4.79 Å². The van der Waals surface area contributed by atoms with E-state index in [1.807, 2.05) is 12.1 Å². The van der Waals surface area contributed by atoms with Crippen molar-refractivity contribution < 1.29 is 4.79 Å². The Balaban J connectivity index is 2.56. The molecule has 17 heavy (non-hydrogen) atoms. The lowest BCUT2D eigenvalue weighted by molar-refractivity contribution is -0.116. The van der Waals surface area contributed by atoms with E-state index in [0.29, 0.717) is 18.3 Å². The van der Waals surface area contributed by atoms with E-state index in [1.165, 1.54) is 5.56 Å². The third-order valence-electron chi connectivity index (χ3n) is 2.79. The molecular formula is C15H23NO. The molecule has 0 radical (unpaired) electrons. The quantitative estimate of drug-likeness (QED) is 0.812. The molecule has 1 rings (SSSR count). The number of carbonyl (C=O) groups excluding carboxylic acids is 1. The van der Waals surface area contributed by atoms with Crippen molar-refractivity contribution in [3.05, 3.63) is 29.8 Å². The smallest absolute Gasteiger partial charge is 0.224 e. The van der Waals surface area contributed by atoms with Crippen LogP contribution in [-0.4, -0.2) is 5.91 Å². The summed E-state index contributed by atoms with van der Waals surface area (Å²) in [5, 5.41) is 2.95. The third kappa shape index (κ3) is 5.03. The normalized spacial score (nSPS) is 10.9. The summed E-state index contributed by atoms with van der Waals surface area (Å²) >= 11 is 0. The van der Waals surface area contributed by atoms with Crippen LogP contribution in [0, 0.1) is 5.92 Å². The van der Waals surface area contributed by atoms with E-state index in [9.17, 15) is 4.79 Å². The third-order valence-corrected chi connectivity index (χ3v) is 2.79. The molecule has 0 fully saturated rings. The predicted molar refractivity (Wildman–Crippen MR) is 73.2 cm³/mol. The van der Waals surface area contributed by atoms with E-state index in [4.69, 9.17) is 0 Å². The van der Waals surface area contributed by atoms with Gasteiger partial charge in [-0.1, -0.05) is 39.8 Å². The Bertz CT molecular complexity index is 369. The summed E-state index contributed by atoms with van der Waals surface area (Å²) in [5.41, 5.74) is 2.16. The number of benzene rings is 1. The van der Waals surface area contributed by atoms with Crippen LogP contribution in [0.1, 0.15) is 52.0 Å². The molecule has 0 unspecified atom stereocenters. The van der Waals surface area contributed by atoms with Crippen molar-refractivity contribution in [3.8, 4) is 0 Å². The Hall–Kier alpha value is -1.31. The first-order valence-corrected chi connectivity index (χ1v) is 6.39. The van der Waals surface area contributed by atoms with Gasteiger partial charge in [0, 0.05) is 12.1 Å². The van der Waals surface area contributed by atoms with Crippen LogP contribution in [0.3, 0.4) is 0 Å². The molecule has 0 saturated heterocycles. The van der Waals surface area contributed by atoms with Crippen molar-refractivity contribution in [3.63, 3.8) is 0 Å². The van der Waals surface area contributed by atoms with Gasteiger partial charge in [0.2, 0.25) is 5.91 Å². The number of carbonyl (C=O) groups is 1. The van der Waals surface area contributed by atoms with E-state index in [2.05, 4.69) is 45.1 Å². The van der Waals surface area contributed by atoms with E-state index in [-0.39, 0.29) is 5.91 Å². The largest absolute Gasteiger partial charge is 0.326 e. The Morgan fingerprint density at radius 2 is 1.94 bits per heavy atom. The van der Waals surface area contributed by atoms with Crippen LogP contribution in [0.5, 0.6) is 0 Å². The summed E-state index contributed by atoms with van der Waals surface area (Å²) in [6.07, 6.45) is 1.54. The second-order valence-corrected chi connectivity index (χ2v) is 5.26. The highest BCUT2D eigenvalue weighted by Crippen LogP contribution is 2.18. The summed E-state index contributed by atoms with van der Waals surface area (Å²) in [6.45, 7) is 8.57. The van der Waals surface area contributed by atoms with Crippen LogP contribution in [0.15, 0.2) is 24.3 Å². The zero-order chi connectivity index (χ0) is 12.8. The predicted octanol–water partition coefficient (Wildman–Crippen LogP) is 4.18. The standard InChI is InChI=1S/C15H23NO/c1-11(2)8-9-15(17)16-14-7-5-6-13(10-14)12(3)4/h5-7,10-12H,8-9H2,1-4H3,(H,16,17). The lowest BCUT2D eigenvalue weighted by Gasteiger charge is -2.10. The summed E-state index contributed by atoms with van der Waals surface area (Å²) < 4.78 is 0. The molecule has 0 aliphatic heterocycles. The zero-order valence-corrected chi connectivity index (χ0v) is 11.3. The second kappa shape index (κ2) is 6.43. The van der Waals surface area contributed by atoms with E-state index >= 15 is 0 Å². The van der Waals surface area contributed by atoms with Crippen LogP contribution < -0.4 is 5.32 Å². The number of hydrogen-bond acceptors (Lipinski definition) is 1. The lowest BCUT2D eigenvalue weighted by Crippen LogP contribution is -2.12. The highest BCUT2D eigenvalue weighted by molar-refractivity contribution is 5.90. The highest BCUT2D eigenvalue weighted by atomic mass is 16.1. The fourth-order valence-electron chi connectivity index (χ4n) is 1.62. The molecular weight excluding hydrogens is 210 g/mol. The lowest BCUT2D eigenvalue weighted by atomic mass is 10.0. The van der Waals surface area contributed by atoms with Crippen LogP contribution in [0.4, 0.5) is 5.69 Å². The number of anilines is 1. The maximum atomic E-state index is 11.7. The number of nitrogens with one attached hydrogen (secondary N) is 1. The van der Waals surface area contributed by atoms with Gasteiger partial charge in [-0.05, 0) is 36.0 Å². The van der Waals surface area contributed by atoms with Crippen molar-refractivity contribution in [2.24, 2.45) is 5.92 Å². The fourth-order valence-corrected chi connectivity index (χ4v) is 1.62.